The summed E-state index contributed by atoms with van der Waals surface area (Å²) in [5, 5.41) is 17.4. The molecule has 2 rings (SSSR count). The van der Waals surface area contributed by atoms with Crippen LogP contribution >= 0.6 is 0 Å². The average Bonchev–Trinajstić information content (AvgIpc) is 2.88. The predicted octanol–water partition coefficient (Wildman–Crippen LogP) is 1.89. The van der Waals surface area contributed by atoms with E-state index >= 15 is 0 Å². The van der Waals surface area contributed by atoms with Crippen LogP contribution in [0.25, 0.3) is 0 Å². The van der Waals surface area contributed by atoms with Gasteiger partial charge in [-0.3, -0.25) is 0 Å². The van der Waals surface area contributed by atoms with Crippen molar-refractivity contribution in [3.8, 4) is 0 Å². The van der Waals surface area contributed by atoms with Gasteiger partial charge in [0.2, 0.25) is 0 Å². The molecule has 1 aliphatic rings. The van der Waals surface area contributed by atoms with Crippen molar-refractivity contribution in [2.45, 2.75) is 58.5 Å². The quantitative estimate of drug-likeness (QED) is 0.825. The fraction of sp³-hybridized carbons (Fsp3) is 0.857. The molecule has 1 fully saturated rings. The maximum absolute atomic E-state index is 9.67. The Morgan fingerprint density at radius 1 is 1.37 bits per heavy atom. The molecule has 1 heterocycles. The molecule has 1 aliphatic carbocycles. The highest BCUT2D eigenvalue weighted by molar-refractivity contribution is 4.89. The van der Waals surface area contributed by atoms with Crippen molar-refractivity contribution in [1.29, 1.82) is 0 Å². The zero-order valence-electron chi connectivity index (χ0n) is 12.1. The number of aliphatic hydroxyl groups excluding tert-OH is 1. The second-order valence-corrected chi connectivity index (χ2v) is 6.04. The molecule has 5 heteroatoms. The van der Waals surface area contributed by atoms with Crippen LogP contribution in [-0.4, -0.2) is 33.0 Å². The van der Waals surface area contributed by atoms with E-state index in [-0.39, 0.29) is 12.0 Å². The zero-order valence-corrected chi connectivity index (χ0v) is 12.1. The number of aromatic nitrogens is 3. The van der Waals surface area contributed by atoms with Crippen LogP contribution in [0.1, 0.15) is 57.8 Å². The number of nitrogens with zero attached hydrogens (tertiary/aromatic N) is 3. The van der Waals surface area contributed by atoms with Gasteiger partial charge in [-0.2, -0.15) is 5.10 Å². The van der Waals surface area contributed by atoms with Gasteiger partial charge in [0, 0.05) is 24.6 Å². The van der Waals surface area contributed by atoms with E-state index in [2.05, 4.69) is 29.2 Å². The molecule has 108 valence electrons. The highest BCUT2D eigenvalue weighted by Gasteiger charge is 2.30. The molecule has 0 radical (unpaired) electrons. The molecule has 0 atom stereocenters. The van der Waals surface area contributed by atoms with Crippen molar-refractivity contribution >= 4 is 0 Å². The van der Waals surface area contributed by atoms with Crippen LogP contribution in [0.3, 0.4) is 0 Å². The van der Waals surface area contributed by atoms with Crippen molar-refractivity contribution in [3.63, 3.8) is 0 Å². The Morgan fingerprint density at radius 3 is 2.74 bits per heavy atom. The molecule has 5 nitrogen and oxygen atoms in total. The minimum absolute atomic E-state index is 0.0843. The van der Waals surface area contributed by atoms with Gasteiger partial charge in [-0.15, -0.1) is 0 Å². The molecule has 0 amide bonds. The SMILES string of the molecule is CC(C)n1ncnc1CNCC1(CO)CCCCC1. The Morgan fingerprint density at radius 2 is 2.11 bits per heavy atom. The topological polar surface area (TPSA) is 63.0 Å². The minimum Gasteiger partial charge on any atom is -0.396 e. The first kappa shape index (κ1) is 14.5. The van der Waals surface area contributed by atoms with Crippen LogP contribution < -0.4 is 5.32 Å². The van der Waals surface area contributed by atoms with Crippen LogP contribution in [-0.2, 0) is 6.54 Å². The van der Waals surface area contributed by atoms with Gasteiger partial charge < -0.3 is 10.4 Å². The molecule has 19 heavy (non-hydrogen) atoms. The van der Waals surface area contributed by atoms with Crippen LogP contribution in [0, 0.1) is 5.41 Å². The van der Waals surface area contributed by atoms with Gasteiger partial charge in [0.15, 0.2) is 0 Å². The Balaban J connectivity index is 1.86. The Kier molecular flexibility index (Phi) is 4.93. The van der Waals surface area contributed by atoms with Crippen LogP contribution in [0.15, 0.2) is 6.33 Å². The smallest absolute Gasteiger partial charge is 0.141 e. The van der Waals surface area contributed by atoms with Crippen LogP contribution in [0.4, 0.5) is 0 Å². The van der Waals surface area contributed by atoms with Crippen molar-refractivity contribution in [2.24, 2.45) is 5.41 Å². The van der Waals surface area contributed by atoms with Crippen LogP contribution in [0.5, 0.6) is 0 Å². The summed E-state index contributed by atoms with van der Waals surface area (Å²) in [6, 6.07) is 0.334. The molecule has 0 spiro atoms. The maximum atomic E-state index is 9.67. The highest BCUT2D eigenvalue weighted by Crippen LogP contribution is 2.35. The second kappa shape index (κ2) is 6.48. The lowest BCUT2D eigenvalue weighted by molar-refractivity contribution is 0.0807. The van der Waals surface area contributed by atoms with E-state index < -0.39 is 0 Å². The number of aliphatic hydroxyl groups is 1. The van der Waals surface area contributed by atoms with Crippen LogP contribution in [0.2, 0.25) is 0 Å². The lowest BCUT2D eigenvalue weighted by Crippen LogP contribution is -2.39. The Labute approximate surface area is 115 Å². The van der Waals surface area contributed by atoms with Gasteiger partial charge in [0.1, 0.15) is 12.2 Å². The van der Waals surface area contributed by atoms with Gasteiger partial charge in [-0.05, 0) is 26.7 Å². The first-order valence-corrected chi connectivity index (χ1v) is 7.37. The van der Waals surface area contributed by atoms with E-state index in [0.717, 1.165) is 31.8 Å². The Hall–Kier alpha value is -0.940. The molecule has 1 aromatic rings. The van der Waals surface area contributed by atoms with Crippen molar-refractivity contribution in [2.75, 3.05) is 13.2 Å². The summed E-state index contributed by atoms with van der Waals surface area (Å²) in [4.78, 5) is 4.30. The fourth-order valence-corrected chi connectivity index (χ4v) is 2.96. The molecular formula is C14H26N4O. The molecule has 0 bridgehead atoms. The van der Waals surface area contributed by atoms with Gasteiger partial charge in [-0.1, -0.05) is 19.3 Å². The molecule has 0 saturated heterocycles. The van der Waals surface area contributed by atoms with E-state index in [1.807, 2.05) is 4.68 Å². The minimum atomic E-state index is 0.0843. The molecule has 2 N–H and O–H groups in total. The third-order valence-corrected chi connectivity index (χ3v) is 4.17. The molecule has 0 aliphatic heterocycles. The third kappa shape index (κ3) is 3.54. The summed E-state index contributed by atoms with van der Waals surface area (Å²) >= 11 is 0. The van der Waals surface area contributed by atoms with Crippen molar-refractivity contribution in [3.05, 3.63) is 12.2 Å². The fourth-order valence-electron chi connectivity index (χ4n) is 2.96. The lowest BCUT2D eigenvalue weighted by atomic mass is 9.74. The number of nitrogens with one attached hydrogen (secondary N) is 1. The summed E-state index contributed by atoms with van der Waals surface area (Å²) in [7, 11) is 0. The number of hydrogen-bond donors (Lipinski definition) is 2. The lowest BCUT2D eigenvalue weighted by Gasteiger charge is -2.35. The first-order chi connectivity index (χ1) is 9.17. The molecule has 1 saturated carbocycles. The van der Waals surface area contributed by atoms with E-state index in [0.29, 0.717) is 6.04 Å². The molecular weight excluding hydrogens is 240 g/mol. The Bertz CT molecular complexity index is 383. The maximum Gasteiger partial charge on any atom is 0.141 e. The van der Waals surface area contributed by atoms with E-state index in [1.165, 1.54) is 19.3 Å². The standard InChI is InChI=1S/C14H26N4O/c1-12(2)18-13(16-11-17-18)8-15-9-14(10-19)6-4-3-5-7-14/h11-12,15,19H,3-10H2,1-2H3. The predicted molar refractivity (Wildman–Crippen MR) is 74.7 cm³/mol. The summed E-state index contributed by atoms with van der Waals surface area (Å²) < 4.78 is 1.94. The number of rotatable bonds is 6. The monoisotopic (exact) mass is 266 g/mol. The third-order valence-electron chi connectivity index (χ3n) is 4.17. The number of hydrogen-bond acceptors (Lipinski definition) is 4. The average molecular weight is 266 g/mol. The van der Waals surface area contributed by atoms with Gasteiger partial charge >= 0.3 is 0 Å². The molecule has 1 aromatic heterocycles. The van der Waals surface area contributed by atoms with E-state index in [4.69, 9.17) is 0 Å². The largest absolute Gasteiger partial charge is 0.396 e. The molecule has 0 aromatic carbocycles. The van der Waals surface area contributed by atoms with Crippen molar-refractivity contribution in [1.82, 2.24) is 20.1 Å². The normalized spacial score (nSPS) is 18.9. The highest BCUT2D eigenvalue weighted by atomic mass is 16.3. The second-order valence-electron chi connectivity index (χ2n) is 6.04. The first-order valence-electron chi connectivity index (χ1n) is 7.37. The van der Waals surface area contributed by atoms with Gasteiger partial charge in [0.25, 0.3) is 0 Å². The van der Waals surface area contributed by atoms with E-state index in [1.54, 1.807) is 6.33 Å². The summed E-state index contributed by atoms with van der Waals surface area (Å²) in [5.74, 6) is 0.971. The molecule has 0 unspecified atom stereocenters. The van der Waals surface area contributed by atoms with Gasteiger partial charge in [-0.25, -0.2) is 9.67 Å². The van der Waals surface area contributed by atoms with Gasteiger partial charge in [0.05, 0.1) is 6.54 Å². The summed E-state index contributed by atoms with van der Waals surface area (Å²) in [5.41, 5.74) is 0.0843. The summed E-state index contributed by atoms with van der Waals surface area (Å²) in [6.07, 6.45) is 7.67. The summed E-state index contributed by atoms with van der Waals surface area (Å²) in [6.45, 7) is 6.09. The van der Waals surface area contributed by atoms with Crippen molar-refractivity contribution < 1.29 is 5.11 Å². The zero-order chi connectivity index (χ0) is 13.7. The van der Waals surface area contributed by atoms with E-state index in [9.17, 15) is 5.11 Å².